The molecule has 0 fully saturated rings. The number of hydrogen-bond acceptors (Lipinski definition) is 4. The summed E-state index contributed by atoms with van der Waals surface area (Å²) >= 11 is 0. The van der Waals surface area contributed by atoms with Crippen LogP contribution in [0.5, 0.6) is 5.75 Å². The van der Waals surface area contributed by atoms with E-state index in [2.05, 4.69) is 16.4 Å². The summed E-state index contributed by atoms with van der Waals surface area (Å²) in [7, 11) is 0. The number of ether oxygens (including phenoxy) is 1. The van der Waals surface area contributed by atoms with Crippen molar-refractivity contribution in [2.45, 2.75) is 20.5 Å². The molecule has 0 unspecified atom stereocenters. The molecule has 2 aromatic carbocycles. The Morgan fingerprint density at radius 2 is 1.92 bits per heavy atom. The molecule has 0 saturated carbocycles. The molecular formula is C21H21N3O2. The maximum atomic E-state index is 12.5. The fourth-order valence-electron chi connectivity index (χ4n) is 2.70. The summed E-state index contributed by atoms with van der Waals surface area (Å²) in [6, 6.07) is 17.2. The second-order valence-corrected chi connectivity index (χ2v) is 6.15. The van der Waals surface area contributed by atoms with Crippen molar-refractivity contribution >= 4 is 17.4 Å². The Morgan fingerprint density at radius 3 is 2.69 bits per heavy atom. The molecule has 0 aliphatic heterocycles. The molecule has 3 rings (SSSR count). The largest absolute Gasteiger partial charge is 0.489 e. The highest BCUT2D eigenvalue weighted by Gasteiger charge is 2.14. The van der Waals surface area contributed by atoms with Gasteiger partial charge in [-0.1, -0.05) is 35.9 Å². The number of nitrogens with zero attached hydrogens (tertiary/aromatic N) is 1. The standard InChI is InChI=1S/C21H21N3O2/c1-14-5-3-6-16(11-14)13-26-18-8-4-7-17(12-18)24-21(25)19-15(2)9-10-23-20(19)22/h3-12H,13H2,1-2H3,(H2,22,23)(H,24,25). The van der Waals surface area contributed by atoms with E-state index < -0.39 is 0 Å². The first-order chi connectivity index (χ1) is 12.5. The monoisotopic (exact) mass is 347 g/mol. The smallest absolute Gasteiger partial charge is 0.259 e. The molecule has 1 aromatic heterocycles. The van der Waals surface area contributed by atoms with Crippen LogP contribution in [0.2, 0.25) is 0 Å². The van der Waals surface area contributed by atoms with Gasteiger partial charge in [-0.15, -0.1) is 0 Å². The highest BCUT2D eigenvalue weighted by molar-refractivity contribution is 6.08. The van der Waals surface area contributed by atoms with Gasteiger partial charge in [0.2, 0.25) is 0 Å². The minimum Gasteiger partial charge on any atom is -0.489 e. The lowest BCUT2D eigenvalue weighted by atomic mass is 10.1. The zero-order valence-corrected chi connectivity index (χ0v) is 14.8. The molecule has 0 saturated heterocycles. The maximum absolute atomic E-state index is 12.5. The number of carbonyl (C=O) groups is 1. The zero-order chi connectivity index (χ0) is 18.5. The zero-order valence-electron chi connectivity index (χ0n) is 14.8. The van der Waals surface area contributed by atoms with E-state index in [4.69, 9.17) is 10.5 Å². The number of hydrogen-bond donors (Lipinski definition) is 2. The molecule has 1 amide bonds. The van der Waals surface area contributed by atoms with E-state index in [-0.39, 0.29) is 11.7 Å². The van der Waals surface area contributed by atoms with Crippen molar-refractivity contribution in [2.75, 3.05) is 11.1 Å². The maximum Gasteiger partial charge on any atom is 0.259 e. The van der Waals surface area contributed by atoms with Gasteiger partial charge in [0.25, 0.3) is 5.91 Å². The number of nitrogen functional groups attached to an aromatic ring is 1. The number of aryl methyl sites for hydroxylation is 2. The van der Waals surface area contributed by atoms with E-state index in [9.17, 15) is 4.79 Å². The SMILES string of the molecule is Cc1cccc(COc2cccc(NC(=O)c3c(C)ccnc3N)c2)c1. The van der Waals surface area contributed by atoms with Crippen molar-refractivity contribution in [3.63, 3.8) is 0 Å². The summed E-state index contributed by atoms with van der Waals surface area (Å²) in [5, 5.41) is 2.85. The second-order valence-electron chi connectivity index (χ2n) is 6.15. The van der Waals surface area contributed by atoms with Crippen LogP contribution in [0, 0.1) is 13.8 Å². The molecule has 1 heterocycles. The van der Waals surface area contributed by atoms with E-state index >= 15 is 0 Å². The second kappa shape index (κ2) is 7.70. The van der Waals surface area contributed by atoms with Crippen LogP contribution in [0.15, 0.2) is 60.8 Å². The molecule has 132 valence electrons. The van der Waals surface area contributed by atoms with Crippen molar-refractivity contribution in [1.82, 2.24) is 4.98 Å². The normalized spacial score (nSPS) is 10.4. The fraction of sp³-hybridized carbons (Fsp3) is 0.143. The molecule has 5 heteroatoms. The summed E-state index contributed by atoms with van der Waals surface area (Å²) in [6.45, 7) is 4.34. The van der Waals surface area contributed by atoms with E-state index in [0.717, 1.165) is 11.1 Å². The molecule has 3 N–H and O–H groups in total. The van der Waals surface area contributed by atoms with Gasteiger partial charge in [0.1, 0.15) is 18.2 Å². The molecule has 0 spiro atoms. The molecule has 0 radical (unpaired) electrons. The summed E-state index contributed by atoms with van der Waals surface area (Å²) < 4.78 is 5.83. The topological polar surface area (TPSA) is 77.2 Å². The van der Waals surface area contributed by atoms with Gasteiger partial charge in [0.05, 0.1) is 5.56 Å². The van der Waals surface area contributed by atoms with Crippen LogP contribution < -0.4 is 15.8 Å². The lowest BCUT2D eigenvalue weighted by Gasteiger charge is -2.11. The van der Waals surface area contributed by atoms with Crippen molar-refractivity contribution in [2.24, 2.45) is 0 Å². The summed E-state index contributed by atoms with van der Waals surface area (Å²) in [5.41, 5.74) is 9.93. The minimum atomic E-state index is -0.288. The van der Waals surface area contributed by atoms with Crippen LogP contribution in [-0.2, 0) is 6.61 Å². The molecule has 26 heavy (non-hydrogen) atoms. The molecule has 5 nitrogen and oxygen atoms in total. The highest BCUT2D eigenvalue weighted by atomic mass is 16.5. The Bertz CT molecular complexity index is 918. The van der Waals surface area contributed by atoms with Crippen LogP contribution in [0.25, 0.3) is 0 Å². The number of aromatic nitrogens is 1. The first kappa shape index (κ1) is 17.5. The van der Waals surface area contributed by atoms with Crippen LogP contribution in [-0.4, -0.2) is 10.9 Å². The number of benzene rings is 2. The van der Waals surface area contributed by atoms with Crippen molar-refractivity contribution in [3.8, 4) is 5.75 Å². The van der Waals surface area contributed by atoms with Crippen molar-refractivity contribution in [1.29, 1.82) is 0 Å². The van der Waals surface area contributed by atoms with Crippen LogP contribution in [0.1, 0.15) is 27.0 Å². The number of nitrogens with one attached hydrogen (secondary N) is 1. The first-order valence-corrected chi connectivity index (χ1v) is 8.34. The van der Waals surface area contributed by atoms with E-state index in [0.29, 0.717) is 23.6 Å². The third-order valence-corrected chi connectivity index (χ3v) is 4.00. The Labute approximate surface area is 152 Å². The molecule has 0 bridgehead atoms. The molecular weight excluding hydrogens is 326 g/mol. The predicted molar refractivity (Wildman–Crippen MR) is 103 cm³/mol. The lowest BCUT2D eigenvalue weighted by molar-refractivity contribution is 0.102. The lowest BCUT2D eigenvalue weighted by Crippen LogP contribution is -2.16. The minimum absolute atomic E-state index is 0.217. The van der Waals surface area contributed by atoms with Gasteiger partial charge in [0.15, 0.2) is 0 Å². The fourth-order valence-corrected chi connectivity index (χ4v) is 2.70. The molecule has 0 aliphatic rings. The number of nitrogens with two attached hydrogens (primary N) is 1. The van der Waals surface area contributed by atoms with Gasteiger partial charge < -0.3 is 15.8 Å². The van der Waals surface area contributed by atoms with Gasteiger partial charge in [-0.05, 0) is 43.2 Å². The number of rotatable bonds is 5. The van der Waals surface area contributed by atoms with Crippen LogP contribution >= 0.6 is 0 Å². The first-order valence-electron chi connectivity index (χ1n) is 8.34. The summed E-state index contributed by atoms with van der Waals surface area (Å²) in [4.78, 5) is 16.5. The van der Waals surface area contributed by atoms with Gasteiger partial charge in [-0.2, -0.15) is 0 Å². The predicted octanol–water partition coefficient (Wildman–Crippen LogP) is 4.11. The number of carbonyl (C=O) groups excluding carboxylic acids is 1. The van der Waals surface area contributed by atoms with Gasteiger partial charge in [0, 0.05) is 18.0 Å². The van der Waals surface area contributed by atoms with Crippen LogP contribution in [0.4, 0.5) is 11.5 Å². The molecule has 3 aromatic rings. The third kappa shape index (κ3) is 4.19. The average Bonchev–Trinajstić information content (AvgIpc) is 2.60. The van der Waals surface area contributed by atoms with Gasteiger partial charge in [-0.3, -0.25) is 4.79 Å². The Morgan fingerprint density at radius 1 is 1.12 bits per heavy atom. The van der Waals surface area contributed by atoms with Gasteiger partial charge in [-0.25, -0.2) is 4.98 Å². The summed E-state index contributed by atoms with van der Waals surface area (Å²) in [6.07, 6.45) is 1.58. The van der Waals surface area contributed by atoms with Crippen molar-refractivity contribution in [3.05, 3.63) is 83.0 Å². The van der Waals surface area contributed by atoms with Gasteiger partial charge >= 0.3 is 0 Å². The van der Waals surface area contributed by atoms with Crippen molar-refractivity contribution < 1.29 is 9.53 Å². The Balaban J connectivity index is 1.70. The average molecular weight is 347 g/mol. The number of amides is 1. The van der Waals surface area contributed by atoms with E-state index in [1.165, 1.54) is 5.56 Å². The number of anilines is 2. The summed E-state index contributed by atoms with van der Waals surface area (Å²) in [5.74, 6) is 0.610. The van der Waals surface area contributed by atoms with E-state index in [1.807, 2.05) is 44.2 Å². The molecule has 0 aliphatic carbocycles. The quantitative estimate of drug-likeness (QED) is 0.728. The Hall–Kier alpha value is -3.34. The number of pyridine rings is 1. The van der Waals surface area contributed by atoms with Crippen LogP contribution in [0.3, 0.4) is 0 Å². The Kier molecular flexibility index (Phi) is 5.17. The highest BCUT2D eigenvalue weighted by Crippen LogP contribution is 2.21. The van der Waals surface area contributed by atoms with E-state index in [1.54, 1.807) is 24.4 Å². The molecule has 0 atom stereocenters. The third-order valence-electron chi connectivity index (χ3n) is 4.00.